The molecular weight excluding hydrogens is 178 g/mol. The van der Waals surface area contributed by atoms with Gasteiger partial charge in [0, 0.05) is 12.1 Å². The second-order valence-electron chi connectivity index (χ2n) is 4.38. The van der Waals surface area contributed by atoms with Crippen molar-refractivity contribution >= 4 is 5.97 Å². The Hall–Kier alpha value is -0.570. The summed E-state index contributed by atoms with van der Waals surface area (Å²) < 4.78 is 0. The van der Waals surface area contributed by atoms with E-state index in [2.05, 4.69) is 11.8 Å². The molecule has 1 N–H and O–H groups in total. The molecule has 0 amide bonds. The fourth-order valence-corrected chi connectivity index (χ4v) is 2.32. The van der Waals surface area contributed by atoms with E-state index in [1.807, 2.05) is 6.92 Å². The van der Waals surface area contributed by atoms with Crippen molar-refractivity contribution in [2.24, 2.45) is 0 Å². The van der Waals surface area contributed by atoms with Crippen LogP contribution in [0.25, 0.3) is 0 Å². The summed E-state index contributed by atoms with van der Waals surface area (Å²) in [4.78, 5) is 13.0. The number of hydrogen-bond donors (Lipinski definition) is 1. The van der Waals surface area contributed by atoms with E-state index in [4.69, 9.17) is 5.11 Å². The summed E-state index contributed by atoms with van der Waals surface area (Å²) in [6, 6.07) is 0.729. The van der Waals surface area contributed by atoms with Crippen LogP contribution in [0, 0.1) is 0 Å². The Bertz CT molecular complexity index is 194. The molecule has 0 radical (unpaired) electrons. The van der Waals surface area contributed by atoms with Gasteiger partial charge < -0.3 is 5.11 Å². The van der Waals surface area contributed by atoms with Crippen molar-refractivity contribution in [1.29, 1.82) is 0 Å². The zero-order valence-electron chi connectivity index (χ0n) is 9.20. The van der Waals surface area contributed by atoms with Crippen molar-refractivity contribution in [2.45, 2.75) is 58.0 Å². The maximum absolute atomic E-state index is 10.6. The average Bonchev–Trinajstić information content (AvgIpc) is 2.28. The van der Waals surface area contributed by atoms with Gasteiger partial charge in [0.2, 0.25) is 0 Å². The molecule has 2 atom stereocenters. The van der Waals surface area contributed by atoms with Gasteiger partial charge in [-0.15, -0.1) is 0 Å². The number of carboxylic acid groups (broad SMARTS) is 1. The van der Waals surface area contributed by atoms with E-state index >= 15 is 0 Å². The Morgan fingerprint density at radius 2 is 2.21 bits per heavy atom. The lowest BCUT2D eigenvalue weighted by Crippen LogP contribution is -2.40. The maximum Gasteiger partial charge on any atom is 0.304 e. The van der Waals surface area contributed by atoms with Crippen LogP contribution in [-0.2, 0) is 4.79 Å². The summed E-state index contributed by atoms with van der Waals surface area (Å²) in [6.45, 7) is 5.30. The third-order valence-electron chi connectivity index (χ3n) is 3.14. The molecule has 0 saturated carbocycles. The summed E-state index contributed by atoms with van der Waals surface area (Å²) in [5, 5.41) is 8.74. The molecule has 0 aromatic carbocycles. The third-order valence-corrected chi connectivity index (χ3v) is 3.14. The van der Waals surface area contributed by atoms with Gasteiger partial charge in [-0.1, -0.05) is 12.8 Å². The minimum Gasteiger partial charge on any atom is -0.481 e. The number of carboxylic acids is 1. The van der Waals surface area contributed by atoms with Crippen molar-refractivity contribution in [3.63, 3.8) is 0 Å². The SMILES string of the molecule is CC1CCCCCN1C(C)CC(=O)O. The van der Waals surface area contributed by atoms with Crippen LogP contribution in [0.15, 0.2) is 0 Å². The molecule has 82 valence electrons. The van der Waals surface area contributed by atoms with Crippen LogP contribution in [-0.4, -0.2) is 34.6 Å². The molecule has 0 bridgehead atoms. The Labute approximate surface area is 86.1 Å². The third kappa shape index (κ3) is 3.29. The van der Waals surface area contributed by atoms with Gasteiger partial charge in [-0.05, 0) is 33.2 Å². The van der Waals surface area contributed by atoms with E-state index in [1.54, 1.807) is 0 Å². The van der Waals surface area contributed by atoms with Crippen LogP contribution in [0.2, 0.25) is 0 Å². The molecule has 0 aromatic heterocycles. The lowest BCUT2D eigenvalue weighted by atomic mass is 10.1. The Balaban J connectivity index is 2.49. The van der Waals surface area contributed by atoms with Gasteiger partial charge in [-0.2, -0.15) is 0 Å². The number of likely N-dealkylation sites (tertiary alicyclic amines) is 1. The highest BCUT2D eigenvalue weighted by atomic mass is 16.4. The number of carbonyl (C=O) groups is 1. The highest BCUT2D eigenvalue weighted by Crippen LogP contribution is 2.19. The lowest BCUT2D eigenvalue weighted by Gasteiger charge is -2.32. The first kappa shape index (κ1) is 11.5. The van der Waals surface area contributed by atoms with Crippen LogP contribution in [0.4, 0.5) is 0 Å². The van der Waals surface area contributed by atoms with Crippen molar-refractivity contribution in [2.75, 3.05) is 6.54 Å². The van der Waals surface area contributed by atoms with E-state index in [9.17, 15) is 4.79 Å². The van der Waals surface area contributed by atoms with Crippen molar-refractivity contribution in [1.82, 2.24) is 4.90 Å². The van der Waals surface area contributed by atoms with E-state index in [0.29, 0.717) is 6.04 Å². The van der Waals surface area contributed by atoms with Crippen molar-refractivity contribution < 1.29 is 9.90 Å². The first-order valence-corrected chi connectivity index (χ1v) is 5.59. The molecule has 1 heterocycles. The summed E-state index contributed by atoms with van der Waals surface area (Å²) in [7, 11) is 0. The quantitative estimate of drug-likeness (QED) is 0.756. The molecule has 0 spiro atoms. The zero-order chi connectivity index (χ0) is 10.6. The molecule has 3 heteroatoms. The van der Waals surface area contributed by atoms with Crippen LogP contribution < -0.4 is 0 Å². The number of nitrogens with zero attached hydrogens (tertiary/aromatic N) is 1. The van der Waals surface area contributed by atoms with Crippen LogP contribution in [0.5, 0.6) is 0 Å². The Kier molecular flexibility index (Phi) is 4.39. The van der Waals surface area contributed by atoms with E-state index in [1.165, 1.54) is 25.7 Å². The predicted octanol–water partition coefficient (Wildman–Crippen LogP) is 2.11. The first-order valence-electron chi connectivity index (χ1n) is 5.59. The highest BCUT2D eigenvalue weighted by Gasteiger charge is 2.23. The number of rotatable bonds is 3. The van der Waals surface area contributed by atoms with Gasteiger partial charge in [0.15, 0.2) is 0 Å². The normalized spacial score (nSPS) is 26.9. The van der Waals surface area contributed by atoms with E-state index in [-0.39, 0.29) is 12.5 Å². The average molecular weight is 199 g/mol. The van der Waals surface area contributed by atoms with Crippen molar-refractivity contribution in [3.05, 3.63) is 0 Å². The Morgan fingerprint density at radius 1 is 1.50 bits per heavy atom. The molecule has 1 fully saturated rings. The van der Waals surface area contributed by atoms with Crippen LogP contribution >= 0.6 is 0 Å². The molecule has 14 heavy (non-hydrogen) atoms. The molecule has 0 aliphatic carbocycles. The first-order chi connectivity index (χ1) is 6.61. The largest absolute Gasteiger partial charge is 0.481 e. The molecule has 1 aliphatic heterocycles. The van der Waals surface area contributed by atoms with Crippen molar-refractivity contribution in [3.8, 4) is 0 Å². The minimum absolute atomic E-state index is 0.181. The summed E-state index contributed by atoms with van der Waals surface area (Å²) in [6.07, 6.45) is 5.28. The summed E-state index contributed by atoms with van der Waals surface area (Å²) in [5.74, 6) is -0.686. The molecule has 1 rings (SSSR count). The lowest BCUT2D eigenvalue weighted by molar-refractivity contribution is -0.138. The molecular formula is C11H21NO2. The van der Waals surface area contributed by atoms with E-state index in [0.717, 1.165) is 6.54 Å². The van der Waals surface area contributed by atoms with Gasteiger partial charge in [-0.3, -0.25) is 9.69 Å². The second-order valence-corrected chi connectivity index (χ2v) is 4.38. The molecule has 0 aromatic rings. The predicted molar refractivity (Wildman–Crippen MR) is 56.4 cm³/mol. The minimum atomic E-state index is -0.686. The van der Waals surface area contributed by atoms with E-state index < -0.39 is 5.97 Å². The zero-order valence-corrected chi connectivity index (χ0v) is 9.20. The molecule has 3 nitrogen and oxygen atoms in total. The molecule has 1 saturated heterocycles. The topological polar surface area (TPSA) is 40.5 Å². The van der Waals surface area contributed by atoms with Gasteiger partial charge in [0.1, 0.15) is 0 Å². The fraction of sp³-hybridized carbons (Fsp3) is 0.909. The standard InChI is InChI=1S/C11H21NO2/c1-9-6-4-3-5-7-12(9)10(2)8-11(13)14/h9-10H,3-8H2,1-2H3,(H,13,14). The molecule has 2 unspecified atom stereocenters. The summed E-state index contributed by atoms with van der Waals surface area (Å²) >= 11 is 0. The van der Waals surface area contributed by atoms with Crippen LogP contribution in [0.1, 0.15) is 46.0 Å². The van der Waals surface area contributed by atoms with Gasteiger partial charge >= 0.3 is 5.97 Å². The smallest absolute Gasteiger partial charge is 0.304 e. The van der Waals surface area contributed by atoms with Gasteiger partial charge in [-0.25, -0.2) is 0 Å². The highest BCUT2D eigenvalue weighted by molar-refractivity contribution is 5.67. The fourth-order valence-electron chi connectivity index (χ4n) is 2.32. The van der Waals surface area contributed by atoms with Gasteiger partial charge in [0.05, 0.1) is 6.42 Å². The monoisotopic (exact) mass is 199 g/mol. The second kappa shape index (κ2) is 5.35. The van der Waals surface area contributed by atoms with Crippen LogP contribution in [0.3, 0.4) is 0 Å². The number of aliphatic carboxylic acids is 1. The maximum atomic E-state index is 10.6. The molecule has 1 aliphatic rings. The Morgan fingerprint density at radius 3 is 2.86 bits per heavy atom. The number of hydrogen-bond acceptors (Lipinski definition) is 2. The van der Waals surface area contributed by atoms with Gasteiger partial charge in [0.25, 0.3) is 0 Å². The summed E-state index contributed by atoms with van der Waals surface area (Å²) in [5.41, 5.74) is 0.